The van der Waals surface area contributed by atoms with Gasteiger partial charge in [-0.05, 0) is 66.7 Å². The largest absolute Gasteiger partial charge is 0.487 e. The summed E-state index contributed by atoms with van der Waals surface area (Å²) >= 11 is 7.37. The van der Waals surface area contributed by atoms with Crippen LogP contribution in [0.15, 0.2) is 74.3 Å². The zero-order valence-corrected chi connectivity index (χ0v) is 19.2. The summed E-state index contributed by atoms with van der Waals surface area (Å²) in [5.74, 6) is 0.351. The van der Waals surface area contributed by atoms with Crippen LogP contribution in [0.25, 0.3) is 11.5 Å². The number of ether oxygens (including phenoxy) is 1. The number of aromatic nitrogens is 1. The number of hydrazine groups is 1. The van der Waals surface area contributed by atoms with E-state index in [0.29, 0.717) is 51.4 Å². The predicted molar refractivity (Wildman–Crippen MR) is 126 cm³/mol. The van der Waals surface area contributed by atoms with Gasteiger partial charge < -0.3 is 9.15 Å². The number of carbonyl (C=O) groups excluding carboxylic acids is 1. The van der Waals surface area contributed by atoms with Gasteiger partial charge in [0.05, 0.1) is 5.04 Å². The molecule has 0 aliphatic carbocycles. The van der Waals surface area contributed by atoms with Crippen LogP contribution in [0.3, 0.4) is 0 Å². The molecular weight excluding hydrogens is 467 g/mol. The fraction of sp³-hybridized carbons (Fsp3) is 0.174. The van der Waals surface area contributed by atoms with Crippen molar-refractivity contribution in [3.63, 3.8) is 0 Å². The average Bonchev–Trinajstić information content (AvgIpc) is 3.22. The summed E-state index contributed by atoms with van der Waals surface area (Å²) in [6.07, 6.45) is 3.04. The molecule has 170 valence electrons. The quantitative estimate of drug-likeness (QED) is 0.441. The van der Waals surface area contributed by atoms with Crippen LogP contribution in [-0.2, 0) is 6.61 Å². The molecule has 7 nitrogen and oxygen atoms in total. The Balaban J connectivity index is 1.53. The maximum Gasteiger partial charge on any atom is 0.265 e. The molecule has 0 unspecified atom stereocenters. The van der Waals surface area contributed by atoms with Crippen molar-refractivity contribution in [1.82, 2.24) is 15.8 Å². The molecule has 2 N–H and O–H groups in total. The van der Waals surface area contributed by atoms with Crippen molar-refractivity contribution in [3.8, 4) is 17.2 Å². The van der Waals surface area contributed by atoms with Crippen LogP contribution < -0.4 is 15.6 Å². The Bertz CT molecular complexity index is 1190. The molecule has 1 amide bonds. The van der Waals surface area contributed by atoms with E-state index in [4.69, 9.17) is 20.8 Å². The van der Waals surface area contributed by atoms with Crippen molar-refractivity contribution >= 4 is 34.3 Å². The lowest BCUT2D eigenvalue weighted by Gasteiger charge is -2.09. The maximum absolute atomic E-state index is 13.3. The first-order valence-electron chi connectivity index (χ1n) is 10.1. The van der Waals surface area contributed by atoms with Gasteiger partial charge in [-0.25, -0.2) is 14.8 Å². The molecule has 0 saturated carbocycles. The van der Waals surface area contributed by atoms with Crippen molar-refractivity contribution in [1.29, 1.82) is 0 Å². The summed E-state index contributed by atoms with van der Waals surface area (Å²) in [4.78, 5) is 20.8. The van der Waals surface area contributed by atoms with E-state index in [1.807, 2.05) is 0 Å². The molecule has 2 aromatic carbocycles. The maximum atomic E-state index is 13.3. The molecule has 3 aromatic rings. The summed E-state index contributed by atoms with van der Waals surface area (Å²) in [7, 11) is 1.62. The van der Waals surface area contributed by atoms with Crippen molar-refractivity contribution < 1.29 is 18.3 Å². The Morgan fingerprint density at radius 3 is 2.61 bits per heavy atom. The van der Waals surface area contributed by atoms with Crippen LogP contribution in [0, 0.1) is 5.82 Å². The lowest BCUT2D eigenvalue weighted by molar-refractivity contribution is 0.0938. The first kappa shape index (κ1) is 23.0. The number of amides is 1. The smallest absolute Gasteiger partial charge is 0.265 e. The molecule has 0 radical (unpaired) electrons. The van der Waals surface area contributed by atoms with E-state index in [9.17, 15) is 9.18 Å². The van der Waals surface area contributed by atoms with E-state index < -0.39 is 0 Å². The molecular formula is C23H20ClFN4O3S. The number of rotatable bonds is 7. The van der Waals surface area contributed by atoms with E-state index in [1.165, 1.54) is 23.9 Å². The molecule has 10 heteroatoms. The highest BCUT2D eigenvalue weighted by Gasteiger charge is 2.19. The van der Waals surface area contributed by atoms with Crippen molar-refractivity contribution in [2.75, 3.05) is 7.05 Å². The number of thioether (sulfide) groups is 1. The molecule has 0 saturated heterocycles. The highest BCUT2D eigenvalue weighted by molar-refractivity contribution is 8.13. The first-order chi connectivity index (χ1) is 16.0. The van der Waals surface area contributed by atoms with Gasteiger partial charge in [0.1, 0.15) is 23.9 Å². The summed E-state index contributed by atoms with van der Waals surface area (Å²) in [5, 5.41) is 2.10. The minimum absolute atomic E-state index is 0.138. The standard InChI is InChI=1S/C23H20ClFN4O3S/c1-26-29-21(30)14-4-9-18(10-5-14)31-13-19-23(33-20-11-6-16(24)12-27-20)32-22(28-19)15-2-7-17(25)8-3-15/h2-5,7-10,12,26H,6,11,13H2,1H3,(H,29,30). The van der Waals surface area contributed by atoms with Crippen molar-refractivity contribution in [2.45, 2.75) is 24.5 Å². The van der Waals surface area contributed by atoms with Crippen LogP contribution in [0.2, 0.25) is 0 Å². The van der Waals surface area contributed by atoms with Gasteiger partial charge in [-0.1, -0.05) is 11.6 Å². The second-order valence-electron chi connectivity index (χ2n) is 6.98. The lowest BCUT2D eigenvalue weighted by Crippen LogP contribution is -2.33. The summed E-state index contributed by atoms with van der Waals surface area (Å²) in [6.45, 7) is 0.138. The van der Waals surface area contributed by atoms with Crippen LogP contribution in [0.5, 0.6) is 5.75 Å². The Kier molecular flexibility index (Phi) is 7.43. The molecule has 2 heterocycles. The molecule has 4 rings (SSSR count). The summed E-state index contributed by atoms with van der Waals surface area (Å²) in [5.41, 5.74) is 6.83. The number of nitrogens with zero attached hydrogens (tertiary/aromatic N) is 2. The fourth-order valence-electron chi connectivity index (χ4n) is 2.95. The van der Waals surface area contributed by atoms with Gasteiger partial charge in [0, 0.05) is 35.8 Å². The Morgan fingerprint density at radius 1 is 1.18 bits per heavy atom. The molecule has 0 atom stereocenters. The van der Waals surface area contributed by atoms with E-state index in [1.54, 1.807) is 49.6 Å². The second kappa shape index (κ2) is 10.7. The predicted octanol–water partition coefficient (Wildman–Crippen LogP) is 5.29. The van der Waals surface area contributed by atoms with E-state index in [2.05, 4.69) is 20.8 Å². The normalized spacial score (nSPS) is 13.3. The summed E-state index contributed by atoms with van der Waals surface area (Å²) in [6, 6.07) is 12.7. The molecule has 0 fully saturated rings. The number of allylic oxidation sites excluding steroid dienone is 1. The molecule has 0 spiro atoms. The number of oxazole rings is 1. The Labute approximate surface area is 199 Å². The van der Waals surface area contributed by atoms with Crippen molar-refractivity contribution in [3.05, 3.63) is 76.8 Å². The third kappa shape index (κ3) is 6.01. The van der Waals surface area contributed by atoms with E-state index >= 15 is 0 Å². The third-order valence-corrected chi connectivity index (χ3v) is 5.96. The van der Waals surface area contributed by atoms with Gasteiger partial charge in [-0.15, -0.1) is 0 Å². The zero-order valence-electron chi connectivity index (χ0n) is 17.6. The molecule has 0 bridgehead atoms. The van der Waals surface area contributed by atoms with Crippen LogP contribution in [0.1, 0.15) is 28.9 Å². The van der Waals surface area contributed by atoms with Crippen molar-refractivity contribution in [2.24, 2.45) is 4.99 Å². The van der Waals surface area contributed by atoms with E-state index in [0.717, 1.165) is 5.04 Å². The number of benzene rings is 2. The summed E-state index contributed by atoms with van der Waals surface area (Å²) < 4.78 is 25.2. The highest BCUT2D eigenvalue weighted by atomic mass is 35.5. The van der Waals surface area contributed by atoms with Crippen LogP contribution in [0.4, 0.5) is 4.39 Å². The third-order valence-electron chi connectivity index (χ3n) is 4.62. The van der Waals surface area contributed by atoms with Gasteiger partial charge in [-0.3, -0.25) is 15.2 Å². The molecule has 1 aliphatic rings. The second-order valence-corrected chi connectivity index (χ2v) is 8.51. The number of carbonyl (C=O) groups is 1. The zero-order chi connectivity index (χ0) is 23.2. The Morgan fingerprint density at radius 2 is 1.94 bits per heavy atom. The Hall–Kier alpha value is -3.14. The van der Waals surface area contributed by atoms with E-state index in [-0.39, 0.29) is 18.3 Å². The van der Waals surface area contributed by atoms with Gasteiger partial charge >= 0.3 is 0 Å². The number of nitrogens with one attached hydrogen (secondary N) is 2. The van der Waals surface area contributed by atoms with Gasteiger partial charge in [-0.2, -0.15) is 0 Å². The monoisotopic (exact) mass is 486 g/mol. The number of aliphatic imine (C=N–C) groups is 1. The average molecular weight is 487 g/mol. The molecule has 33 heavy (non-hydrogen) atoms. The minimum atomic E-state index is -0.337. The highest BCUT2D eigenvalue weighted by Crippen LogP contribution is 2.33. The van der Waals surface area contributed by atoms with Gasteiger partial charge in [0.2, 0.25) is 5.89 Å². The SMILES string of the molecule is CNNC(=O)c1ccc(OCc2nc(-c3ccc(F)cc3)oc2SC2=NC=C(Cl)CC2)cc1. The minimum Gasteiger partial charge on any atom is -0.487 e. The molecule has 1 aliphatic heterocycles. The van der Waals surface area contributed by atoms with Gasteiger partial charge in [0.25, 0.3) is 5.91 Å². The number of halogens is 2. The lowest BCUT2D eigenvalue weighted by atomic mass is 10.2. The molecule has 1 aromatic heterocycles. The fourth-order valence-corrected chi connectivity index (χ4v) is 3.96. The van der Waals surface area contributed by atoms with Crippen LogP contribution >= 0.6 is 23.4 Å². The first-order valence-corrected chi connectivity index (χ1v) is 11.3. The van der Waals surface area contributed by atoms with Gasteiger partial charge in [0.15, 0.2) is 5.09 Å². The topological polar surface area (TPSA) is 88.8 Å². The number of hydrogen-bond donors (Lipinski definition) is 2. The number of hydrogen-bond acceptors (Lipinski definition) is 7. The van der Waals surface area contributed by atoms with Crippen LogP contribution in [-0.4, -0.2) is 23.0 Å².